The van der Waals surface area contributed by atoms with Crippen LogP contribution in [0, 0.1) is 5.82 Å². The van der Waals surface area contributed by atoms with Crippen molar-refractivity contribution in [2.24, 2.45) is 7.05 Å². The van der Waals surface area contributed by atoms with E-state index in [-0.39, 0.29) is 58.9 Å². The number of anilines is 1. The first kappa shape index (κ1) is 39.3. The first-order valence-electron chi connectivity index (χ1n) is 18.5. The van der Waals surface area contributed by atoms with Gasteiger partial charge in [0.1, 0.15) is 17.6 Å². The second-order valence-corrected chi connectivity index (χ2v) is 14.8. The third kappa shape index (κ3) is 8.70. The van der Waals surface area contributed by atoms with Gasteiger partial charge >= 0.3 is 12.5 Å². The average molecular weight is 788 g/mol. The van der Waals surface area contributed by atoms with Crippen molar-refractivity contribution in [3.63, 3.8) is 0 Å². The molecule has 3 fully saturated rings. The normalized spacial score (nSPS) is 19.7. The van der Waals surface area contributed by atoms with Crippen LogP contribution in [0.1, 0.15) is 61.1 Å². The number of amides is 2. The number of imide groups is 1. The smallest absolute Gasteiger partial charge is 0.405 e. The number of piperidine rings is 3. The van der Waals surface area contributed by atoms with Gasteiger partial charge in [-0.1, -0.05) is 18.2 Å². The Bertz CT molecular complexity index is 2190. The second kappa shape index (κ2) is 15.5. The van der Waals surface area contributed by atoms with Crippen molar-refractivity contribution in [1.29, 1.82) is 0 Å². The number of pyridine rings is 1. The fraction of sp³-hybridized carbons (Fsp3) is 0.425. The number of ether oxygens (including phenoxy) is 1. The van der Waals surface area contributed by atoms with E-state index in [1.807, 2.05) is 4.90 Å². The first-order chi connectivity index (χ1) is 26.5. The first-order valence-corrected chi connectivity index (χ1v) is 18.5. The number of carbonyl (C=O) groups is 2. The molecule has 4 aromatic rings. The maximum Gasteiger partial charge on any atom is 0.573 e. The van der Waals surface area contributed by atoms with Crippen molar-refractivity contribution in [1.82, 2.24) is 19.7 Å². The molecule has 3 aliphatic heterocycles. The molecular formula is C40H40F7N5O4. The van der Waals surface area contributed by atoms with Crippen LogP contribution in [0.25, 0.3) is 21.9 Å². The second-order valence-electron chi connectivity index (χ2n) is 14.8. The molecule has 0 spiro atoms. The van der Waals surface area contributed by atoms with E-state index in [0.29, 0.717) is 55.7 Å². The van der Waals surface area contributed by atoms with Gasteiger partial charge in [0.25, 0.3) is 5.56 Å². The number of hydrogen-bond donors (Lipinski definition) is 2. The Labute approximate surface area is 317 Å². The van der Waals surface area contributed by atoms with Gasteiger partial charge in [-0.2, -0.15) is 13.2 Å². The molecule has 1 aromatic heterocycles. The van der Waals surface area contributed by atoms with Crippen LogP contribution < -0.4 is 20.9 Å². The van der Waals surface area contributed by atoms with Crippen molar-refractivity contribution in [2.75, 3.05) is 31.5 Å². The van der Waals surface area contributed by atoms with Crippen LogP contribution in [0.15, 0.2) is 65.6 Å². The molecule has 0 bridgehead atoms. The van der Waals surface area contributed by atoms with Crippen LogP contribution >= 0.6 is 0 Å². The highest BCUT2D eigenvalue weighted by atomic mass is 19.4. The number of benzene rings is 3. The summed E-state index contributed by atoms with van der Waals surface area (Å²) < 4.78 is 104. The third-order valence-electron chi connectivity index (χ3n) is 11.1. The molecule has 7 rings (SSSR count). The van der Waals surface area contributed by atoms with Gasteiger partial charge in [0.2, 0.25) is 11.8 Å². The summed E-state index contributed by atoms with van der Waals surface area (Å²) in [5.41, 5.74) is 0.248. The molecule has 3 aromatic carbocycles. The zero-order valence-corrected chi connectivity index (χ0v) is 30.4. The number of aryl methyl sites for hydroxylation is 1. The lowest BCUT2D eigenvalue weighted by molar-refractivity contribution is -0.275. The SMILES string of the molecule is Cn1cc(-c2ccc(CN3CCC(N4CCC(c5ccc(NC6CCC(=O)NC6=O)cc5C(F)(F)F)CC4)CC3)c(OC(F)(F)F)c2)c2cc(F)ccc2c1=O. The van der Waals surface area contributed by atoms with Gasteiger partial charge in [-0.3, -0.25) is 24.6 Å². The lowest BCUT2D eigenvalue weighted by atomic mass is 9.85. The Balaban J connectivity index is 0.991. The van der Waals surface area contributed by atoms with Gasteiger partial charge < -0.3 is 19.5 Å². The summed E-state index contributed by atoms with van der Waals surface area (Å²) in [4.78, 5) is 40.6. The van der Waals surface area contributed by atoms with Crippen LogP contribution in [-0.2, 0) is 29.4 Å². The van der Waals surface area contributed by atoms with Crippen LogP contribution in [0.3, 0.4) is 0 Å². The maximum absolute atomic E-state index is 14.3. The minimum Gasteiger partial charge on any atom is -0.405 e. The lowest BCUT2D eigenvalue weighted by Gasteiger charge is -2.42. The number of nitrogens with one attached hydrogen (secondary N) is 2. The summed E-state index contributed by atoms with van der Waals surface area (Å²) in [5.74, 6) is -2.29. The van der Waals surface area contributed by atoms with Crippen molar-refractivity contribution >= 4 is 28.3 Å². The lowest BCUT2D eigenvalue weighted by Crippen LogP contribution is -2.47. The maximum atomic E-state index is 14.3. The number of likely N-dealkylation sites (tertiary alicyclic amines) is 2. The largest absolute Gasteiger partial charge is 0.573 e. The number of hydrogen-bond acceptors (Lipinski definition) is 7. The summed E-state index contributed by atoms with van der Waals surface area (Å²) in [6, 6.07) is 11.5. The van der Waals surface area contributed by atoms with Gasteiger partial charge in [-0.25, -0.2) is 4.39 Å². The van der Waals surface area contributed by atoms with Gasteiger partial charge in [0, 0.05) is 54.5 Å². The summed E-state index contributed by atoms with van der Waals surface area (Å²) in [5, 5.41) is 5.53. The van der Waals surface area contributed by atoms with E-state index in [0.717, 1.165) is 25.0 Å². The molecule has 2 N–H and O–H groups in total. The zero-order valence-electron chi connectivity index (χ0n) is 30.4. The molecule has 3 aliphatic rings. The Hall–Kier alpha value is -4.96. The molecule has 0 saturated carbocycles. The Morgan fingerprint density at radius 1 is 0.839 bits per heavy atom. The van der Waals surface area contributed by atoms with E-state index in [2.05, 4.69) is 20.3 Å². The Morgan fingerprint density at radius 3 is 2.25 bits per heavy atom. The Morgan fingerprint density at radius 2 is 1.57 bits per heavy atom. The molecule has 1 unspecified atom stereocenters. The summed E-state index contributed by atoms with van der Waals surface area (Å²) in [6.45, 7) is 2.54. The van der Waals surface area contributed by atoms with E-state index in [1.54, 1.807) is 18.2 Å². The average Bonchev–Trinajstić information content (AvgIpc) is 3.14. The fourth-order valence-electron chi connectivity index (χ4n) is 8.28. The monoisotopic (exact) mass is 787 g/mol. The quantitative estimate of drug-likeness (QED) is 0.143. The van der Waals surface area contributed by atoms with Gasteiger partial charge in [0.05, 0.1) is 5.56 Å². The van der Waals surface area contributed by atoms with Gasteiger partial charge in [0.15, 0.2) is 0 Å². The summed E-state index contributed by atoms with van der Waals surface area (Å²) in [6.07, 6.45) is -5.35. The molecule has 3 saturated heterocycles. The van der Waals surface area contributed by atoms with Crippen LogP contribution in [0.4, 0.5) is 36.4 Å². The molecule has 0 aliphatic carbocycles. The summed E-state index contributed by atoms with van der Waals surface area (Å²) >= 11 is 0. The van der Waals surface area contributed by atoms with Crippen molar-refractivity contribution < 1.29 is 45.1 Å². The van der Waals surface area contributed by atoms with Crippen molar-refractivity contribution in [3.05, 3.63) is 93.7 Å². The molecule has 0 radical (unpaired) electrons. The van der Waals surface area contributed by atoms with Crippen LogP contribution in [-0.4, -0.2) is 70.8 Å². The van der Waals surface area contributed by atoms with E-state index in [4.69, 9.17) is 0 Å². The predicted octanol–water partition coefficient (Wildman–Crippen LogP) is 7.32. The Kier molecular flexibility index (Phi) is 10.9. The molecule has 56 heavy (non-hydrogen) atoms. The molecular weight excluding hydrogens is 747 g/mol. The van der Waals surface area contributed by atoms with E-state index in [9.17, 15) is 45.1 Å². The van der Waals surface area contributed by atoms with E-state index in [1.165, 1.54) is 42.1 Å². The highest BCUT2D eigenvalue weighted by Gasteiger charge is 2.38. The minimum atomic E-state index is -4.97. The number of halogens is 7. The van der Waals surface area contributed by atoms with Crippen molar-refractivity contribution in [3.8, 4) is 16.9 Å². The van der Waals surface area contributed by atoms with E-state index >= 15 is 0 Å². The number of rotatable bonds is 8. The fourth-order valence-corrected chi connectivity index (χ4v) is 8.28. The molecule has 2 amide bonds. The third-order valence-corrected chi connectivity index (χ3v) is 11.1. The molecule has 298 valence electrons. The molecule has 9 nitrogen and oxygen atoms in total. The minimum absolute atomic E-state index is 0.0976. The topological polar surface area (TPSA) is 95.9 Å². The molecule has 16 heteroatoms. The van der Waals surface area contributed by atoms with Crippen LogP contribution in [0.5, 0.6) is 5.75 Å². The van der Waals surface area contributed by atoms with Gasteiger partial charge in [-0.15, -0.1) is 13.2 Å². The highest BCUT2D eigenvalue weighted by molar-refractivity contribution is 6.01. The molecule has 4 heterocycles. The number of carbonyl (C=O) groups excluding carboxylic acids is 2. The number of nitrogens with zero attached hydrogens (tertiary/aromatic N) is 3. The molecule has 1 atom stereocenters. The standard InChI is InChI=1S/C40H40F7N5O4/c1-50-22-32(31-19-26(41)4-6-30(31)38(50)55)24-2-3-25(35(18-24)56-40(45,46)47)21-51-14-12-28(13-15-51)52-16-10-23(11-17-52)29-7-5-27(20-33(29)39(42,43)44)48-34-8-9-36(53)49-37(34)54/h2-7,18-20,22-23,28,34,48H,8-17,21H2,1H3,(H,49,53,54). The number of alkyl halides is 6. The highest BCUT2D eigenvalue weighted by Crippen LogP contribution is 2.41. The predicted molar refractivity (Wildman–Crippen MR) is 194 cm³/mol. The summed E-state index contributed by atoms with van der Waals surface area (Å²) in [7, 11) is 1.51. The van der Waals surface area contributed by atoms with E-state index < -0.39 is 47.5 Å². The number of fused-ring (bicyclic) bond motifs is 1. The van der Waals surface area contributed by atoms with Crippen molar-refractivity contribution in [2.45, 2.75) is 75.6 Å². The number of aromatic nitrogens is 1. The zero-order chi connectivity index (χ0) is 39.9. The van der Waals surface area contributed by atoms with Crippen LogP contribution in [0.2, 0.25) is 0 Å². The van der Waals surface area contributed by atoms with Gasteiger partial charge in [-0.05, 0) is 117 Å².